The Kier molecular flexibility index (Phi) is 7.14. The van der Waals surface area contributed by atoms with Crippen LogP contribution in [0.2, 0.25) is 0 Å². The van der Waals surface area contributed by atoms with Crippen LogP contribution in [-0.2, 0) is 9.47 Å². The molecule has 0 saturated carbocycles. The summed E-state index contributed by atoms with van der Waals surface area (Å²) in [5.41, 5.74) is 1.07. The monoisotopic (exact) mass is 498 g/mol. The van der Waals surface area contributed by atoms with Crippen LogP contribution >= 0.6 is 22.6 Å². The average molecular weight is 498 g/mol. The van der Waals surface area contributed by atoms with Crippen LogP contribution in [0.5, 0.6) is 0 Å². The van der Waals surface area contributed by atoms with E-state index in [1.54, 1.807) is 17.7 Å². The van der Waals surface area contributed by atoms with E-state index in [0.29, 0.717) is 11.3 Å². The number of aromatic nitrogens is 1. The average Bonchev–Trinajstić information content (AvgIpc) is 2.93. The number of ether oxygens (including phenoxy) is 2. The van der Waals surface area contributed by atoms with Crippen LogP contribution < -0.4 is 5.32 Å². The van der Waals surface area contributed by atoms with Gasteiger partial charge in [-0.1, -0.05) is 0 Å². The Hall–Kier alpha value is -2.03. The predicted octanol–water partition coefficient (Wildman–Crippen LogP) is 5.03. The number of carbonyl (C=O) groups excluding carboxylic acids is 2. The van der Waals surface area contributed by atoms with Gasteiger partial charge in [0.05, 0.1) is 12.3 Å². The van der Waals surface area contributed by atoms with Gasteiger partial charge in [-0.2, -0.15) is 0 Å². The smallest absolute Gasteiger partial charge is 0.358 e. The van der Waals surface area contributed by atoms with Crippen LogP contribution in [0.25, 0.3) is 5.69 Å². The van der Waals surface area contributed by atoms with Crippen molar-refractivity contribution < 1.29 is 19.1 Å². The first kappa shape index (κ1) is 22.3. The van der Waals surface area contributed by atoms with Gasteiger partial charge in [-0.15, -0.1) is 0 Å². The van der Waals surface area contributed by atoms with Crippen LogP contribution in [0, 0.1) is 3.57 Å². The zero-order chi connectivity index (χ0) is 21.1. The van der Waals surface area contributed by atoms with E-state index in [1.807, 2.05) is 58.9 Å². The number of hydrogen-bond donors (Lipinski definition) is 1. The third-order valence-corrected chi connectivity index (χ3v) is 4.35. The summed E-state index contributed by atoms with van der Waals surface area (Å²) in [6, 6.07) is 7.66. The lowest BCUT2D eigenvalue weighted by Gasteiger charge is -2.21. The second-order valence-electron chi connectivity index (χ2n) is 7.63. The Morgan fingerprint density at radius 3 is 2.25 bits per heavy atom. The molecule has 152 valence electrons. The number of halogens is 1. The first-order valence-corrected chi connectivity index (χ1v) is 10.3. The molecule has 6 nitrogen and oxygen atoms in total. The molecule has 0 spiro atoms. The van der Waals surface area contributed by atoms with Crippen molar-refractivity contribution in [1.82, 2.24) is 4.57 Å². The van der Waals surface area contributed by atoms with Crippen molar-refractivity contribution in [2.45, 2.75) is 53.2 Å². The summed E-state index contributed by atoms with van der Waals surface area (Å²) in [7, 11) is 0. The van der Waals surface area contributed by atoms with Gasteiger partial charge in [0.1, 0.15) is 11.2 Å². The quantitative estimate of drug-likeness (QED) is 0.447. The first-order valence-electron chi connectivity index (χ1n) is 9.21. The summed E-state index contributed by atoms with van der Waals surface area (Å²) in [6.45, 7) is 11.3. The van der Waals surface area contributed by atoms with Gasteiger partial charge in [0.15, 0.2) is 5.69 Å². The van der Waals surface area contributed by atoms with Gasteiger partial charge < -0.3 is 19.4 Å². The fourth-order valence-electron chi connectivity index (χ4n) is 2.64. The summed E-state index contributed by atoms with van der Waals surface area (Å²) in [4.78, 5) is 25.7. The van der Waals surface area contributed by atoms with Gasteiger partial charge in [0.25, 0.3) is 0 Å². The third-order valence-electron chi connectivity index (χ3n) is 3.63. The SMILES string of the molecule is CCOC(=O)c1cn(-c2ccc(I)cc2)c(C(=O)OC(C)(C)C)c1NC(C)C. The number of nitrogens with one attached hydrogen (secondary N) is 1. The molecule has 1 aromatic heterocycles. The molecule has 28 heavy (non-hydrogen) atoms. The highest BCUT2D eigenvalue weighted by molar-refractivity contribution is 14.1. The molecule has 7 heteroatoms. The molecule has 0 atom stereocenters. The van der Waals surface area contributed by atoms with E-state index < -0.39 is 17.5 Å². The van der Waals surface area contributed by atoms with E-state index >= 15 is 0 Å². The maximum Gasteiger partial charge on any atom is 0.358 e. The number of esters is 2. The molecule has 0 fully saturated rings. The molecule has 1 heterocycles. The summed E-state index contributed by atoms with van der Waals surface area (Å²) in [6.07, 6.45) is 1.63. The Bertz CT molecular complexity index is 849. The molecule has 0 saturated heterocycles. The molecule has 0 aliphatic heterocycles. The van der Waals surface area contributed by atoms with Crippen molar-refractivity contribution in [2.24, 2.45) is 0 Å². The summed E-state index contributed by atoms with van der Waals surface area (Å²) in [5.74, 6) is -0.996. The Labute approximate surface area is 179 Å². The third kappa shape index (κ3) is 5.50. The minimum Gasteiger partial charge on any atom is -0.462 e. The summed E-state index contributed by atoms with van der Waals surface area (Å²) in [5, 5.41) is 3.23. The number of anilines is 1. The van der Waals surface area contributed by atoms with Gasteiger partial charge in [0, 0.05) is 21.5 Å². The number of carbonyl (C=O) groups is 2. The normalized spacial score (nSPS) is 11.4. The van der Waals surface area contributed by atoms with E-state index in [9.17, 15) is 9.59 Å². The number of hydrogen-bond acceptors (Lipinski definition) is 5. The molecule has 1 N–H and O–H groups in total. The van der Waals surface area contributed by atoms with Crippen molar-refractivity contribution in [3.8, 4) is 5.69 Å². The topological polar surface area (TPSA) is 69.6 Å². The van der Waals surface area contributed by atoms with Crippen molar-refractivity contribution >= 4 is 40.2 Å². The first-order chi connectivity index (χ1) is 13.0. The van der Waals surface area contributed by atoms with Crippen molar-refractivity contribution in [3.05, 3.63) is 45.3 Å². The second kappa shape index (κ2) is 8.98. The van der Waals surface area contributed by atoms with Crippen LogP contribution in [0.15, 0.2) is 30.5 Å². The summed E-state index contributed by atoms with van der Waals surface area (Å²) >= 11 is 2.22. The highest BCUT2D eigenvalue weighted by atomic mass is 127. The summed E-state index contributed by atoms with van der Waals surface area (Å²) < 4.78 is 13.6. The molecule has 0 unspecified atom stereocenters. The van der Waals surface area contributed by atoms with Crippen molar-refractivity contribution in [3.63, 3.8) is 0 Å². The predicted molar refractivity (Wildman–Crippen MR) is 118 cm³/mol. The minimum atomic E-state index is -0.669. The van der Waals surface area contributed by atoms with E-state index in [1.165, 1.54) is 0 Å². The Balaban J connectivity index is 2.72. The number of rotatable bonds is 6. The molecule has 1 aromatic carbocycles. The molecule has 2 aromatic rings. The Morgan fingerprint density at radius 1 is 1.14 bits per heavy atom. The zero-order valence-electron chi connectivity index (χ0n) is 17.1. The molecular formula is C21H27IN2O4. The molecule has 2 rings (SSSR count). The molecule has 0 amide bonds. The largest absolute Gasteiger partial charge is 0.462 e. The maximum atomic E-state index is 13.1. The molecular weight excluding hydrogens is 471 g/mol. The fourth-order valence-corrected chi connectivity index (χ4v) is 3.00. The lowest BCUT2D eigenvalue weighted by molar-refractivity contribution is 0.00617. The van der Waals surface area contributed by atoms with E-state index in [4.69, 9.17) is 9.47 Å². The number of nitrogens with zero attached hydrogens (tertiary/aromatic N) is 1. The maximum absolute atomic E-state index is 13.1. The van der Waals surface area contributed by atoms with E-state index in [2.05, 4.69) is 27.9 Å². The van der Waals surface area contributed by atoms with Gasteiger partial charge >= 0.3 is 11.9 Å². The van der Waals surface area contributed by atoms with E-state index in [0.717, 1.165) is 9.26 Å². The van der Waals surface area contributed by atoms with Crippen LogP contribution in [-0.4, -0.2) is 34.8 Å². The van der Waals surface area contributed by atoms with Gasteiger partial charge in [-0.25, -0.2) is 9.59 Å². The van der Waals surface area contributed by atoms with Crippen LogP contribution in [0.1, 0.15) is 62.4 Å². The van der Waals surface area contributed by atoms with E-state index in [-0.39, 0.29) is 18.3 Å². The number of benzene rings is 1. The molecule has 0 bridgehead atoms. The molecule has 0 aliphatic carbocycles. The lowest BCUT2D eigenvalue weighted by Crippen LogP contribution is -2.26. The standard InChI is InChI=1S/C21H27IN2O4/c1-7-27-19(25)16-12-24(15-10-8-14(22)9-11-15)18(17(16)23-13(2)3)20(26)28-21(4,5)6/h8-13,23H,7H2,1-6H3. The molecule has 0 aliphatic rings. The zero-order valence-corrected chi connectivity index (χ0v) is 19.3. The Morgan fingerprint density at radius 2 is 1.75 bits per heavy atom. The minimum absolute atomic E-state index is 0.00179. The highest BCUT2D eigenvalue weighted by Crippen LogP contribution is 2.30. The fraction of sp³-hybridized carbons (Fsp3) is 0.429. The van der Waals surface area contributed by atoms with Gasteiger partial charge in [-0.05, 0) is 88.4 Å². The van der Waals surface area contributed by atoms with Gasteiger partial charge in [0.2, 0.25) is 0 Å². The highest BCUT2D eigenvalue weighted by Gasteiger charge is 2.30. The molecule has 0 radical (unpaired) electrons. The van der Waals surface area contributed by atoms with Crippen LogP contribution in [0.4, 0.5) is 5.69 Å². The second-order valence-corrected chi connectivity index (χ2v) is 8.88. The lowest BCUT2D eigenvalue weighted by atomic mass is 10.2. The van der Waals surface area contributed by atoms with Gasteiger partial charge in [-0.3, -0.25) is 0 Å². The van der Waals surface area contributed by atoms with Crippen molar-refractivity contribution in [2.75, 3.05) is 11.9 Å². The van der Waals surface area contributed by atoms with Crippen LogP contribution in [0.3, 0.4) is 0 Å². The van der Waals surface area contributed by atoms with Crippen molar-refractivity contribution in [1.29, 1.82) is 0 Å².